The van der Waals surface area contributed by atoms with E-state index in [0.717, 1.165) is 41.1 Å². The highest BCUT2D eigenvalue weighted by Crippen LogP contribution is 2.51. The van der Waals surface area contributed by atoms with Crippen LogP contribution in [0.3, 0.4) is 0 Å². The summed E-state index contributed by atoms with van der Waals surface area (Å²) in [7, 11) is 3.59. The molecular weight excluding hydrogens is 457 g/mol. The number of rotatable bonds is 5. The minimum atomic E-state index is -4.60. The molecule has 10 heteroatoms. The molecule has 5 rings (SSSR count). The molecule has 1 fully saturated rings. The maximum atomic E-state index is 13.8. The minimum Gasteiger partial charge on any atom is -0.320 e. The summed E-state index contributed by atoms with van der Waals surface area (Å²) in [5.41, 5.74) is 0.246. The molecule has 0 atom stereocenters. The van der Waals surface area contributed by atoms with Gasteiger partial charge in [0.1, 0.15) is 12.2 Å². The van der Waals surface area contributed by atoms with Crippen LogP contribution in [0.4, 0.5) is 13.2 Å². The lowest BCUT2D eigenvalue weighted by Crippen LogP contribution is -2.43. The van der Waals surface area contributed by atoms with Crippen LogP contribution in [0, 0.1) is 5.92 Å². The van der Waals surface area contributed by atoms with Crippen LogP contribution in [0.2, 0.25) is 0 Å². The molecular formula is C25H25F3N6O. The Morgan fingerprint density at radius 1 is 1.14 bits per heavy atom. The van der Waals surface area contributed by atoms with Crippen molar-refractivity contribution < 1.29 is 13.2 Å². The van der Waals surface area contributed by atoms with E-state index in [-0.39, 0.29) is 12.1 Å². The smallest absolute Gasteiger partial charge is 0.320 e. The van der Waals surface area contributed by atoms with Crippen molar-refractivity contribution in [1.82, 2.24) is 29.1 Å². The van der Waals surface area contributed by atoms with Gasteiger partial charge in [0.05, 0.1) is 23.7 Å². The molecule has 4 aromatic rings. The van der Waals surface area contributed by atoms with Crippen molar-refractivity contribution in [3.8, 4) is 11.1 Å². The molecule has 35 heavy (non-hydrogen) atoms. The van der Waals surface area contributed by atoms with Crippen molar-refractivity contribution in [2.24, 2.45) is 20.0 Å². The van der Waals surface area contributed by atoms with Gasteiger partial charge in [0.15, 0.2) is 0 Å². The first-order chi connectivity index (χ1) is 16.6. The van der Waals surface area contributed by atoms with Gasteiger partial charge in [0, 0.05) is 37.6 Å². The molecule has 0 radical (unpaired) electrons. The van der Waals surface area contributed by atoms with Crippen LogP contribution >= 0.6 is 0 Å². The number of hydrogen-bond donors (Lipinski definition) is 0. The number of aryl methyl sites for hydroxylation is 2. The molecule has 0 saturated heterocycles. The summed E-state index contributed by atoms with van der Waals surface area (Å²) >= 11 is 0. The average molecular weight is 483 g/mol. The topological polar surface area (TPSA) is 70.5 Å². The van der Waals surface area contributed by atoms with Crippen molar-refractivity contribution >= 4 is 0 Å². The Hall–Kier alpha value is -3.69. The lowest BCUT2D eigenvalue weighted by Gasteiger charge is -2.46. The van der Waals surface area contributed by atoms with Crippen molar-refractivity contribution in [3.05, 3.63) is 88.1 Å². The Balaban J connectivity index is 1.63. The Bertz CT molecular complexity index is 1440. The number of benzene rings is 1. The van der Waals surface area contributed by atoms with Crippen molar-refractivity contribution in [3.63, 3.8) is 0 Å². The third-order valence-corrected chi connectivity index (χ3v) is 6.78. The predicted molar refractivity (Wildman–Crippen MR) is 124 cm³/mol. The molecule has 1 aliphatic carbocycles. The van der Waals surface area contributed by atoms with E-state index < -0.39 is 22.7 Å². The van der Waals surface area contributed by atoms with Gasteiger partial charge < -0.3 is 9.13 Å². The van der Waals surface area contributed by atoms with E-state index in [1.165, 1.54) is 6.20 Å². The summed E-state index contributed by atoms with van der Waals surface area (Å²) in [6.07, 6.45) is 2.82. The Labute approximate surface area is 199 Å². The number of aromatic nitrogens is 6. The van der Waals surface area contributed by atoms with Gasteiger partial charge in [-0.3, -0.25) is 9.48 Å². The van der Waals surface area contributed by atoms with Crippen molar-refractivity contribution in [2.75, 3.05) is 0 Å². The second-order valence-electron chi connectivity index (χ2n) is 9.54. The maximum absolute atomic E-state index is 13.8. The average Bonchev–Trinajstić information content (AvgIpc) is 3.40. The van der Waals surface area contributed by atoms with Crippen molar-refractivity contribution in [1.29, 1.82) is 0 Å². The molecule has 1 aliphatic rings. The molecule has 1 saturated carbocycles. The van der Waals surface area contributed by atoms with Gasteiger partial charge in [-0.25, -0.2) is 0 Å². The fraction of sp³-hybridized carbons (Fsp3) is 0.360. The highest BCUT2D eigenvalue weighted by atomic mass is 19.4. The second-order valence-corrected chi connectivity index (χ2v) is 9.54. The molecule has 1 aromatic carbocycles. The summed E-state index contributed by atoms with van der Waals surface area (Å²) < 4.78 is 45.9. The van der Waals surface area contributed by atoms with Crippen LogP contribution in [-0.2, 0) is 32.2 Å². The van der Waals surface area contributed by atoms with Gasteiger partial charge in [0.25, 0.3) is 5.56 Å². The first kappa shape index (κ1) is 23.1. The summed E-state index contributed by atoms with van der Waals surface area (Å²) in [6.45, 7) is 2.14. The molecule has 7 nitrogen and oxygen atoms in total. The third-order valence-electron chi connectivity index (χ3n) is 6.78. The first-order valence-electron chi connectivity index (χ1n) is 11.3. The maximum Gasteiger partial charge on any atom is 0.417 e. The van der Waals surface area contributed by atoms with E-state index >= 15 is 0 Å². The van der Waals surface area contributed by atoms with Crippen LogP contribution in [0.25, 0.3) is 11.1 Å². The minimum absolute atomic E-state index is 0.00560. The van der Waals surface area contributed by atoms with Crippen molar-refractivity contribution in [2.45, 2.75) is 37.9 Å². The lowest BCUT2D eigenvalue weighted by atomic mass is 9.58. The van der Waals surface area contributed by atoms with Gasteiger partial charge in [-0.15, -0.1) is 10.2 Å². The van der Waals surface area contributed by atoms with Gasteiger partial charge in [-0.2, -0.15) is 18.3 Å². The van der Waals surface area contributed by atoms with E-state index in [1.807, 2.05) is 23.7 Å². The number of nitrogens with zero attached hydrogens (tertiary/aromatic N) is 6. The third kappa shape index (κ3) is 4.06. The standard InChI is InChI=1S/C25H25F3N6O/c1-16-9-24(10-16,23-31-29-15-32(23)2)19-6-4-5-18(7-19)21-8-20(25(26,27)28)14-34(22(21)35)13-17-11-30-33(3)12-17/h4-8,11-12,14-16H,9-10,13H2,1-3H3. The summed E-state index contributed by atoms with van der Waals surface area (Å²) in [5.74, 6) is 1.28. The summed E-state index contributed by atoms with van der Waals surface area (Å²) in [5, 5.41) is 12.4. The largest absolute Gasteiger partial charge is 0.417 e. The van der Waals surface area contributed by atoms with E-state index in [0.29, 0.717) is 17.0 Å². The Kier molecular flexibility index (Phi) is 5.41. The first-order valence-corrected chi connectivity index (χ1v) is 11.3. The zero-order chi connectivity index (χ0) is 25.0. The number of hydrogen-bond acceptors (Lipinski definition) is 4. The highest BCUT2D eigenvalue weighted by molar-refractivity contribution is 5.65. The molecule has 0 bridgehead atoms. The molecule has 3 heterocycles. The highest BCUT2D eigenvalue weighted by Gasteiger charge is 2.48. The molecule has 0 aliphatic heterocycles. The van der Waals surface area contributed by atoms with Crippen LogP contribution in [0.1, 0.15) is 42.3 Å². The number of pyridine rings is 1. The second kappa shape index (κ2) is 8.21. The molecule has 0 N–H and O–H groups in total. The normalized spacial score (nSPS) is 20.1. The fourth-order valence-corrected chi connectivity index (χ4v) is 5.24. The Morgan fingerprint density at radius 2 is 1.91 bits per heavy atom. The SMILES string of the molecule is CC1CC(c2cccc(-c3cc(C(F)(F)F)cn(Cc4cnn(C)c4)c3=O)c2)(c2nncn2C)C1. The number of alkyl halides is 3. The van der Waals surface area contributed by atoms with E-state index in [2.05, 4.69) is 22.2 Å². The van der Waals surface area contributed by atoms with Gasteiger partial charge >= 0.3 is 6.18 Å². The van der Waals surface area contributed by atoms with Gasteiger partial charge in [-0.1, -0.05) is 25.1 Å². The Morgan fingerprint density at radius 3 is 2.51 bits per heavy atom. The summed E-state index contributed by atoms with van der Waals surface area (Å²) in [4.78, 5) is 13.4. The monoisotopic (exact) mass is 482 g/mol. The zero-order valence-electron chi connectivity index (χ0n) is 19.6. The predicted octanol–water partition coefficient (Wildman–Crippen LogP) is 4.16. The fourth-order valence-electron chi connectivity index (χ4n) is 5.24. The van der Waals surface area contributed by atoms with Crippen LogP contribution in [-0.4, -0.2) is 29.1 Å². The number of halogens is 3. The van der Waals surface area contributed by atoms with Crippen LogP contribution in [0.5, 0.6) is 0 Å². The van der Waals surface area contributed by atoms with E-state index in [1.54, 1.807) is 36.4 Å². The van der Waals surface area contributed by atoms with E-state index in [4.69, 9.17) is 0 Å². The van der Waals surface area contributed by atoms with Crippen LogP contribution < -0.4 is 5.56 Å². The quantitative estimate of drug-likeness (QED) is 0.428. The van der Waals surface area contributed by atoms with Gasteiger partial charge in [0.2, 0.25) is 0 Å². The molecule has 0 amide bonds. The van der Waals surface area contributed by atoms with E-state index in [9.17, 15) is 18.0 Å². The molecule has 0 unspecified atom stereocenters. The van der Waals surface area contributed by atoms with Crippen LogP contribution in [0.15, 0.2) is 60.0 Å². The zero-order valence-corrected chi connectivity index (χ0v) is 19.6. The molecule has 3 aromatic heterocycles. The molecule has 0 spiro atoms. The summed E-state index contributed by atoms with van der Waals surface area (Å²) in [6, 6.07) is 8.19. The lowest BCUT2D eigenvalue weighted by molar-refractivity contribution is -0.138. The van der Waals surface area contributed by atoms with Gasteiger partial charge in [-0.05, 0) is 42.0 Å². The molecule has 182 valence electrons.